The summed E-state index contributed by atoms with van der Waals surface area (Å²) in [6.45, 7) is 1.86. The fourth-order valence-corrected chi connectivity index (χ4v) is 1.57. The van der Waals surface area contributed by atoms with Gasteiger partial charge in [0.2, 0.25) is 0 Å². The molecule has 96 valence electrons. The topological polar surface area (TPSA) is 93.6 Å². The Bertz CT molecular complexity index is 582. The van der Waals surface area contributed by atoms with Crippen LogP contribution in [0.1, 0.15) is 24.1 Å². The fraction of sp³-hybridized carbons (Fsp3) is 0.154. The zero-order valence-electron chi connectivity index (χ0n) is 10.3. The van der Waals surface area contributed by atoms with E-state index in [0.29, 0.717) is 11.3 Å². The Kier molecular flexibility index (Phi) is 3.78. The molecule has 0 bridgehead atoms. The molecule has 19 heavy (non-hydrogen) atoms. The third-order valence-corrected chi connectivity index (χ3v) is 2.64. The molecule has 2 rings (SSSR count). The van der Waals surface area contributed by atoms with Gasteiger partial charge in [-0.2, -0.15) is 10.4 Å². The molecule has 6 heteroatoms. The summed E-state index contributed by atoms with van der Waals surface area (Å²) in [6, 6.07) is 8.23. The predicted molar refractivity (Wildman–Crippen MR) is 70.3 cm³/mol. The Balaban J connectivity index is 1.92. The van der Waals surface area contributed by atoms with Gasteiger partial charge in [0.1, 0.15) is 0 Å². The number of carbonyl (C=O) groups excluding carboxylic acids is 1. The summed E-state index contributed by atoms with van der Waals surface area (Å²) in [4.78, 5) is 11.8. The van der Waals surface area contributed by atoms with Crippen LogP contribution in [0, 0.1) is 11.3 Å². The average molecular weight is 255 g/mol. The number of aromatic nitrogens is 2. The molecule has 0 fully saturated rings. The van der Waals surface area contributed by atoms with Crippen LogP contribution in [0.2, 0.25) is 0 Å². The molecule has 1 aromatic heterocycles. The second-order valence-corrected chi connectivity index (χ2v) is 4.04. The van der Waals surface area contributed by atoms with E-state index in [1.807, 2.05) is 13.0 Å². The first-order valence-corrected chi connectivity index (χ1v) is 5.75. The second-order valence-electron chi connectivity index (χ2n) is 4.04. The van der Waals surface area contributed by atoms with Crippen molar-refractivity contribution in [1.29, 1.82) is 5.26 Å². The highest BCUT2D eigenvalue weighted by Gasteiger charge is 2.10. The molecule has 0 radical (unpaired) electrons. The lowest BCUT2D eigenvalue weighted by Crippen LogP contribution is -2.30. The molecule has 0 saturated carbocycles. The minimum atomic E-state index is -0.307. The number of hydrogen-bond acceptors (Lipinski definition) is 3. The lowest BCUT2D eigenvalue weighted by atomic mass is 10.2. The quantitative estimate of drug-likeness (QED) is 0.784. The number of benzene rings is 1. The lowest BCUT2D eigenvalue weighted by Gasteiger charge is -2.13. The molecule has 0 aliphatic rings. The maximum absolute atomic E-state index is 11.8. The Morgan fingerprint density at radius 2 is 2.16 bits per heavy atom. The van der Waals surface area contributed by atoms with Crippen LogP contribution in [0.4, 0.5) is 10.5 Å². The van der Waals surface area contributed by atoms with Gasteiger partial charge in [-0.3, -0.25) is 5.10 Å². The largest absolute Gasteiger partial charge is 0.331 e. The van der Waals surface area contributed by atoms with Crippen molar-refractivity contribution >= 4 is 11.7 Å². The van der Waals surface area contributed by atoms with E-state index in [-0.39, 0.29) is 12.1 Å². The van der Waals surface area contributed by atoms with Crippen LogP contribution in [0.15, 0.2) is 36.7 Å². The number of nitrogens with one attached hydrogen (secondary N) is 3. The molecule has 6 nitrogen and oxygen atoms in total. The van der Waals surface area contributed by atoms with Gasteiger partial charge < -0.3 is 10.6 Å². The Labute approximate surface area is 110 Å². The summed E-state index contributed by atoms with van der Waals surface area (Å²) in [5, 5.41) is 20.7. The van der Waals surface area contributed by atoms with E-state index in [9.17, 15) is 4.79 Å². The van der Waals surface area contributed by atoms with Crippen molar-refractivity contribution < 1.29 is 4.79 Å². The summed E-state index contributed by atoms with van der Waals surface area (Å²) < 4.78 is 0. The van der Waals surface area contributed by atoms with Crippen molar-refractivity contribution in [2.45, 2.75) is 13.0 Å². The molecule has 1 atom stereocenters. The molecule has 3 N–H and O–H groups in total. The number of nitrogens with zero attached hydrogens (tertiary/aromatic N) is 2. The number of aromatic amines is 1. The third-order valence-electron chi connectivity index (χ3n) is 2.64. The smallest absolute Gasteiger partial charge is 0.319 e. The zero-order valence-corrected chi connectivity index (χ0v) is 10.3. The van der Waals surface area contributed by atoms with Gasteiger partial charge >= 0.3 is 6.03 Å². The number of nitriles is 1. The van der Waals surface area contributed by atoms with E-state index in [2.05, 4.69) is 20.8 Å². The van der Waals surface area contributed by atoms with Gasteiger partial charge in [-0.15, -0.1) is 0 Å². The molecule has 0 aliphatic carbocycles. The van der Waals surface area contributed by atoms with Crippen LogP contribution >= 0.6 is 0 Å². The van der Waals surface area contributed by atoms with E-state index in [1.165, 1.54) is 0 Å². The minimum Gasteiger partial charge on any atom is -0.331 e. The van der Waals surface area contributed by atoms with Crippen molar-refractivity contribution in [3.63, 3.8) is 0 Å². The number of hydrogen-bond donors (Lipinski definition) is 3. The Morgan fingerprint density at radius 3 is 2.74 bits per heavy atom. The van der Waals surface area contributed by atoms with Crippen LogP contribution in [-0.4, -0.2) is 16.2 Å². The first-order valence-electron chi connectivity index (χ1n) is 5.75. The molecule has 0 spiro atoms. The van der Waals surface area contributed by atoms with Gasteiger partial charge in [0.05, 0.1) is 23.9 Å². The molecule has 2 amide bonds. The van der Waals surface area contributed by atoms with Crippen LogP contribution in [0.25, 0.3) is 0 Å². The number of carbonyl (C=O) groups is 1. The van der Waals surface area contributed by atoms with Gasteiger partial charge in [-0.05, 0) is 31.2 Å². The summed E-state index contributed by atoms with van der Waals surface area (Å²) in [6.07, 6.45) is 3.39. The average Bonchev–Trinajstić information content (AvgIpc) is 2.93. The molecule has 1 aromatic carbocycles. The van der Waals surface area contributed by atoms with Crippen molar-refractivity contribution in [1.82, 2.24) is 15.5 Å². The maximum Gasteiger partial charge on any atom is 0.319 e. The first kappa shape index (κ1) is 12.6. The van der Waals surface area contributed by atoms with E-state index >= 15 is 0 Å². The number of H-pyrrole nitrogens is 1. The summed E-state index contributed by atoms with van der Waals surface area (Å²) in [7, 11) is 0. The van der Waals surface area contributed by atoms with Crippen molar-refractivity contribution in [2.75, 3.05) is 5.32 Å². The first-order chi connectivity index (χ1) is 9.19. The van der Waals surface area contributed by atoms with Crippen LogP contribution in [0.5, 0.6) is 0 Å². The Hall–Kier alpha value is -2.81. The highest BCUT2D eigenvalue weighted by Crippen LogP contribution is 2.11. The van der Waals surface area contributed by atoms with Gasteiger partial charge in [0, 0.05) is 17.4 Å². The number of amides is 2. The molecule has 2 aromatic rings. The summed E-state index contributed by atoms with van der Waals surface area (Å²) in [5.74, 6) is 0. The van der Waals surface area contributed by atoms with Gasteiger partial charge in [-0.1, -0.05) is 0 Å². The van der Waals surface area contributed by atoms with Gasteiger partial charge in [0.15, 0.2) is 0 Å². The molecule has 0 aliphatic heterocycles. The van der Waals surface area contributed by atoms with E-state index in [1.54, 1.807) is 36.7 Å². The molecule has 1 unspecified atom stereocenters. The second kappa shape index (κ2) is 5.69. The van der Waals surface area contributed by atoms with Crippen LogP contribution in [-0.2, 0) is 0 Å². The molecular formula is C13H13N5O. The number of anilines is 1. The van der Waals surface area contributed by atoms with Crippen LogP contribution < -0.4 is 10.6 Å². The predicted octanol–water partition coefficient (Wildman–Crippen LogP) is 2.16. The SMILES string of the molecule is CC(NC(=O)Nc1ccc(C#N)cc1)c1cn[nH]c1. The van der Waals surface area contributed by atoms with Crippen molar-refractivity contribution in [2.24, 2.45) is 0 Å². The van der Waals surface area contributed by atoms with Gasteiger partial charge in [-0.25, -0.2) is 4.79 Å². The minimum absolute atomic E-state index is 0.142. The van der Waals surface area contributed by atoms with Crippen molar-refractivity contribution in [3.8, 4) is 6.07 Å². The molecule has 0 saturated heterocycles. The number of urea groups is 1. The van der Waals surface area contributed by atoms with Gasteiger partial charge in [0.25, 0.3) is 0 Å². The monoisotopic (exact) mass is 255 g/mol. The highest BCUT2D eigenvalue weighted by molar-refractivity contribution is 5.89. The fourth-order valence-electron chi connectivity index (χ4n) is 1.57. The van der Waals surface area contributed by atoms with E-state index in [4.69, 9.17) is 5.26 Å². The summed E-state index contributed by atoms with van der Waals surface area (Å²) in [5.41, 5.74) is 2.09. The standard InChI is InChI=1S/C13H13N5O/c1-9(11-7-15-16-8-11)17-13(19)18-12-4-2-10(6-14)3-5-12/h2-5,7-9H,1H3,(H,15,16)(H2,17,18,19). The number of rotatable bonds is 3. The highest BCUT2D eigenvalue weighted by atomic mass is 16.2. The maximum atomic E-state index is 11.8. The summed E-state index contributed by atoms with van der Waals surface area (Å²) >= 11 is 0. The van der Waals surface area contributed by atoms with Crippen molar-refractivity contribution in [3.05, 3.63) is 47.8 Å². The zero-order chi connectivity index (χ0) is 13.7. The van der Waals surface area contributed by atoms with E-state index in [0.717, 1.165) is 5.56 Å². The van der Waals surface area contributed by atoms with E-state index < -0.39 is 0 Å². The lowest BCUT2D eigenvalue weighted by molar-refractivity contribution is 0.249. The van der Waals surface area contributed by atoms with Crippen LogP contribution in [0.3, 0.4) is 0 Å². The third kappa shape index (κ3) is 3.33. The normalized spacial score (nSPS) is 11.4. The molecular weight excluding hydrogens is 242 g/mol. The molecule has 1 heterocycles. The Morgan fingerprint density at radius 1 is 1.42 bits per heavy atom.